The third-order valence-corrected chi connectivity index (χ3v) is 8.81. The minimum Gasteiger partial charge on any atom is -0.487 e. The Morgan fingerprint density at radius 3 is 2.50 bits per heavy atom. The highest BCUT2D eigenvalue weighted by atomic mass is 35.5. The molecule has 6 rings (SSSR count). The summed E-state index contributed by atoms with van der Waals surface area (Å²) in [5.41, 5.74) is 11.6. The maximum absolute atomic E-state index is 13.2. The molecule has 3 aromatic carbocycles. The SMILES string of the molecule is CNC(=O)c1ccc(/C=C/C(=O)C(N)c2cccn2-c2ccc(Cl)c(COc3cccc4c(OCc5ccccn5)cc(C)nc34)c2Cl)cc1. The van der Waals surface area contributed by atoms with Gasteiger partial charge in [0.15, 0.2) is 5.78 Å². The van der Waals surface area contributed by atoms with Crippen molar-refractivity contribution >= 4 is 51.9 Å². The molecule has 0 bridgehead atoms. The first kappa shape index (κ1) is 34.4. The van der Waals surface area contributed by atoms with E-state index in [2.05, 4.69) is 10.3 Å². The zero-order chi connectivity index (χ0) is 35.2. The molecule has 0 spiro atoms. The number of pyridine rings is 2. The molecule has 1 unspecified atom stereocenters. The second-order valence-electron chi connectivity index (χ2n) is 11.4. The van der Waals surface area contributed by atoms with E-state index in [4.69, 9.17) is 43.4 Å². The number of hydrogen-bond donors (Lipinski definition) is 2. The third kappa shape index (κ3) is 7.55. The molecule has 1 amide bonds. The first-order chi connectivity index (χ1) is 24.2. The number of aryl methyl sites for hydroxylation is 1. The number of carbonyl (C=O) groups excluding carboxylic acids is 2. The smallest absolute Gasteiger partial charge is 0.251 e. The Labute approximate surface area is 299 Å². The summed E-state index contributed by atoms with van der Waals surface area (Å²) in [6.07, 6.45) is 6.60. The van der Waals surface area contributed by atoms with E-state index in [9.17, 15) is 9.59 Å². The fourth-order valence-electron chi connectivity index (χ4n) is 5.42. The number of nitrogens with two attached hydrogens (primary N) is 1. The molecule has 0 radical (unpaired) electrons. The number of nitrogens with zero attached hydrogens (tertiary/aromatic N) is 3. The number of carbonyl (C=O) groups is 2. The lowest BCUT2D eigenvalue weighted by atomic mass is 10.1. The number of para-hydroxylation sites is 1. The number of hydrogen-bond acceptors (Lipinski definition) is 7. The van der Waals surface area contributed by atoms with Gasteiger partial charge in [-0.25, -0.2) is 4.98 Å². The van der Waals surface area contributed by atoms with Crippen LogP contribution in [0.2, 0.25) is 10.0 Å². The van der Waals surface area contributed by atoms with Gasteiger partial charge in [-0.3, -0.25) is 14.6 Å². The van der Waals surface area contributed by atoms with Crippen molar-refractivity contribution in [3.05, 3.63) is 153 Å². The van der Waals surface area contributed by atoms with Crippen LogP contribution >= 0.6 is 23.2 Å². The predicted molar refractivity (Wildman–Crippen MR) is 196 cm³/mol. The Morgan fingerprint density at radius 2 is 1.74 bits per heavy atom. The van der Waals surface area contributed by atoms with Gasteiger partial charge in [-0.15, -0.1) is 0 Å². The van der Waals surface area contributed by atoms with Gasteiger partial charge >= 0.3 is 0 Å². The van der Waals surface area contributed by atoms with E-state index in [-0.39, 0.29) is 18.3 Å². The van der Waals surface area contributed by atoms with E-state index < -0.39 is 6.04 Å². The minimum absolute atomic E-state index is 0.0490. The second-order valence-corrected chi connectivity index (χ2v) is 12.2. The molecule has 3 heterocycles. The summed E-state index contributed by atoms with van der Waals surface area (Å²) in [6, 6.07) is 26.2. The molecule has 0 saturated carbocycles. The van der Waals surface area contributed by atoms with Gasteiger partial charge in [0.25, 0.3) is 5.91 Å². The molecule has 0 aliphatic rings. The Kier molecular flexibility index (Phi) is 10.6. The van der Waals surface area contributed by atoms with Gasteiger partial charge in [0.2, 0.25) is 0 Å². The number of amides is 1. The minimum atomic E-state index is -0.975. The average Bonchev–Trinajstić information content (AvgIpc) is 3.62. The van der Waals surface area contributed by atoms with Crippen molar-refractivity contribution < 1.29 is 19.1 Å². The molecule has 3 aromatic heterocycles. The molecule has 252 valence electrons. The van der Waals surface area contributed by atoms with Crippen molar-refractivity contribution in [3.63, 3.8) is 0 Å². The van der Waals surface area contributed by atoms with Crippen molar-refractivity contribution in [2.75, 3.05) is 7.05 Å². The summed E-state index contributed by atoms with van der Waals surface area (Å²) < 4.78 is 14.2. The van der Waals surface area contributed by atoms with E-state index in [1.54, 1.807) is 78.6 Å². The summed E-state index contributed by atoms with van der Waals surface area (Å²) in [5, 5.41) is 4.14. The van der Waals surface area contributed by atoms with Crippen LogP contribution < -0.4 is 20.5 Å². The van der Waals surface area contributed by atoms with Gasteiger partial charge in [0.05, 0.1) is 16.4 Å². The zero-order valence-electron chi connectivity index (χ0n) is 27.3. The van der Waals surface area contributed by atoms with E-state index in [0.29, 0.717) is 56.2 Å². The summed E-state index contributed by atoms with van der Waals surface area (Å²) in [7, 11) is 1.57. The van der Waals surface area contributed by atoms with Gasteiger partial charge in [-0.05, 0) is 79.2 Å². The van der Waals surface area contributed by atoms with Crippen LogP contribution in [0.15, 0.2) is 109 Å². The lowest BCUT2D eigenvalue weighted by molar-refractivity contribution is -0.115. The molecule has 6 aromatic rings. The lowest BCUT2D eigenvalue weighted by Crippen LogP contribution is -2.22. The van der Waals surface area contributed by atoms with Crippen LogP contribution in [0.25, 0.3) is 22.7 Å². The Hall–Kier alpha value is -5.48. The quantitative estimate of drug-likeness (QED) is 0.124. The van der Waals surface area contributed by atoms with E-state index in [0.717, 1.165) is 22.3 Å². The highest BCUT2D eigenvalue weighted by Crippen LogP contribution is 2.36. The van der Waals surface area contributed by atoms with Crippen LogP contribution in [0.1, 0.15) is 44.6 Å². The Morgan fingerprint density at radius 1 is 0.940 bits per heavy atom. The molecular formula is C39H33Cl2N5O4. The third-order valence-electron chi connectivity index (χ3n) is 8.04. The van der Waals surface area contributed by atoms with Crippen LogP contribution in [0.3, 0.4) is 0 Å². The van der Waals surface area contributed by atoms with Crippen molar-refractivity contribution in [3.8, 4) is 17.2 Å². The maximum Gasteiger partial charge on any atom is 0.251 e. The van der Waals surface area contributed by atoms with Crippen LogP contribution in [0.4, 0.5) is 0 Å². The number of ketones is 1. The number of ether oxygens (including phenoxy) is 2. The monoisotopic (exact) mass is 705 g/mol. The molecule has 0 saturated heterocycles. The summed E-state index contributed by atoms with van der Waals surface area (Å²) in [4.78, 5) is 34.1. The van der Waals surface area contributed by atoms with Crippen molar-refractivity contribution in [1.82, 2.24) is 19.9 Å². The van der Waals surface area contributed by atoms with Gasteiger partial charge < -0.3 is 25.1 Å². The van der Waals surface area contributed by atoms with Crippen LogP contribution in [0, 0.1) is 6.92 Å². The zero-order valence-corrected chi connectivity index (χ0v) is 28.8. The van der Waals surface area contributed by atoms with Gasteiger partial charge in [-0.1, -0.05) is 53.5 Å². The van der Waals surface area contributed by atoms with Crippen molar-refractivity contribution in [1.29, 1.82) is 0 Å². The van der Waals surface area contributed by atoms with Gasteiger partial charge in [-0.2, -0.15) is 0 Å². The number of aromatic nitrogens is 3. The van der Waals surface area contributed by atoms with Gasteiger partial charge in [0, 0.05) is 58.4 Å². The molecule has 0 aliphatic carbocycles. The summed E-state index contributed by atoms with van der Waals surface area (Å²) >= 11 is 13.6. The van der Waals surface area contributed by atoms with Crippen LogP contribution in [-0.4, -0.2) is 33.3 Å². The van der Waals surface area contributed by atoms with Crippen LogP contribution in [-0.2, 0) is 18.0 Å². The van der Waals surface area contributed by atoms with Gasteiger partial charge in [0.1, 0.15) is 36.3 Å². The topological polar surface area (TPSA) is 121 Å². The fraction of sp³-hybridized carbons (Fsp3) is 0.128. The number of fused-ring (bicyclic) bond motifs is 1. The lowest BCUT2D eigenvalue weighted by Gasteiger charge is -2.18. The molecule has 0 fully saturated rings. The summed E-state index contributed by atoms with van der Waals surface area (Å²) in [5.74, 6) is 0.709. The average molecular weight is 707 g/mol. The standard InChI is InChI=1S/C39H33Cl2N5O4/c1-24-21-35(49-22-27-7-3-4-19-44-27)28-8-5-10-34(38(28)45-24)50-23-29-30(40)16-17-31(36(29)41)46-20-6-9-32(46)37(42)33(47)18-13-25-11-14-26(15-12-25)39(48)43-2/h3-21,37H,22-23,42H2,1-2H3,(H,43,48)/b18-13+. The number of halogens is 2. The summed E-state index contributed by atoms with van der Waals surface area (Å²) in [6.45, 7) is 2.25. The Bertz CT molecular complexity index is 2200. The molecule has 0 aliphatic heterocycles. The molecular weight excluding hydrogens is 673 g/mol. The molecule has 50 heavy (non-hydrogen) atoms. The van der Waals surface area contributed by atoms with Crippen LogP contribution in [0.5, 0.6) is 11.5 Å². The van der Waals surface area contributed by atoms with E-state index in [1.165, 1.54) is 6.08 Å². The molecule has 1 atom stereocenters. The largest absolute Gasteiger partial charge is 0.487 e. The number of rotatable bonds is 12. The fourth-order valence-corrected chi connectivity index (χ4v) is 5.99. The number of nitrogens with one attached hydrogen (secondary N) is 1. The molecule has 9 nitrogen and oxygen atoms in total. The predicted octanol–water partition coefficient (Wildman–Crippen LogP) is 7.84. The first-order valence-corrected chi connectivity index (χ1v) is 16.5. The van der Waals surface area contributed by atoms with Crippen molar-refractivity contribution in [2.24, 2.45) is 5.73 Å². The normalized spacial score (nSPS) is 11.9. The van der Waals surface area contributed by atoms with E-state index >= 15 is 0 Å². The van der Waals surface area contributed by atoms with Crippen molar-refractivity contribution in [2.45, 2.75) is 26.2 Å². The second kappa shape index (κ2) is 15.4. The molecule has 3 N–H and O–H groups in total. The molecule has 11 heteroatoms. The first-order valence-electron chi connectivity index (χ1n) is 15.7. The Balaban J connectivity index is 1.21. The maximum atomic E-state index is 13.2. The highest BCUT2D eigenvalue weighted by Gasteiger charge is 2.21. The van der Waals surface area contributed by atoms with E-state index in [1.807, 2.05) is 49.4 Å². The number of benzene rings is 3. The highest BCUT2D eigenvalue weighted by molar-refractivity contribution is 6.37.